The second-order valence-corrected chi connectivity index (χ2v) is 8.37. The molecule has 0 bridgehead atoms. The minimum Gasteiger partial charge on any atom is -0.264 e. The van der Waals surface area contributed by atoms with Gasteiger partial charge < -0.3 is 0 Å². The van der Waals surface area contributed by atoms with Crippen LogP contribution in [0.4, 0.5) is 0 Å². The van der Waals surface area contributed by atoms with E-state index < -0.39 is 10.0 Å². The lowest BCUT2D eigenvalue weighted by Gasteiger charge is -2.34. The van der Waals surface area contributed by atoms with Crippen LogP contribution in [0.1, 0.15) is 36.8 Å². The average Bonchev–Trinajstić information content (AvgIpc) is 2.61. The van der Waals surface area contributed by atoms with Crippen molar-refractivity contribution >= 4 is 10.0 Å². The Kier molecular flexibility index (Phi) is 5.31. The zero-order chi connectivity index (χ0) is 17.0. The predicted octanol–water partition coefficient (Wildman–Crippen LogP) is 3.57. The van der Waals surface area contributed by atoms with Crippen LogP contribution in [-0.2, 0) is 16.4 Å². The molecule has 2 heterocycles. The molecule has 0 N–H and O–H groups in total. The summed E-state index contributed by atoms with van der Waals surface area (Å²) < 4.78 is 27.8. The van der Waals surface area contributed by atoms with Gasteiger partial charge in [-0.2, -0.15) is 4.31 Å². The monoisotopic (exact) mass is 344 g/mol. The molecule has 0 spiro atoms. The Bertz CT molecular complexity index is 758. The van der Waals surface area contributed by atoms with Crippen LogP contribution in [0.15, 0.2) is 53.7 Å². The summed E-state index contributed by atoms with van der Waals surface area (Å²) in [5.41, 5.74) is 2.23. The van der Waals surface area contributed by atoms with E-state index in [0.29, 0.717) is 11.4 Å². The van der Waals surface area contributed by atoms with Gasteiger partial charge in [-0.25, -0.2) is 8.42 Å². The van der Waals surface area contributed by atoms with Crippen molar-refractivity contribution in [2.75, 3.05) is 6.54 Å². The van der Waals surface area contributed by atoms with Crippen molar-refractivity contribution in [1.82, 2.24) is 9.29 Å². The molecule has 0 aliphatic carbocycles. The normalized spacial score (nSPS) is 19.3. The first kappa shape index (κ1) is 17.1. The zero-order valence-electron chi connectivity index (χ0n) is 14.1. The molecule has 1 aliphatic rings. The van der Waals surface area contributed by atoms with Crippen LogP contribution in [0.3, 0.4) is 0 Å². The van der Waals surface area contributed by atoms with Crippen molar-refractivity contribution in [1.29, 1.82) is 0 Å². The lowest BCUT2D eigenvalue weighted by Crippen LogP contribution is -2.43. The third kappa shape index (κ3) is 3.84. The zero-order valence-corrected chi connectivity index (χ0v) is 14.9. The van der Waals surface area contributed by atoms with Crippen LogP contribution in [-0.4, -0.2) is 30.3 Å². The van der Waals surface area contributed by atoms with E-state index >= 15 is 0 Å². The van der Waals surface area contributed by atoms with Gasteiger partial charge in [0.1, 0.15) is 0 Å². The third-order valence-electron chi connectivity index (χ3n) is 4.69. The Morgan fingerprint density at radius 1 is 1.17 bits per heavy atom. The first-order valence-electron chi connectivity index (χ1n) is 8.55. The molecule has 2 aromatic rings. The molecule has 128 valence electrons. The van der Waals surface area contributed by atoms with Gasteiger partial charge in [-0.3, -0.25) is 4.98 Å². The highest BCUT2D eigenvalue weighted by molar-refractivity contribution is 7.89. The average molecular weight is 344 g/mol. The van der Waals surface area contributed by atoms with Crippen molar-refractivity contribution < 1.29 is 8.42 Å². The van der Waals surface area contributed by atoms with Crippen LogP contribution >= 0.6 is 0 Å². The fraction of sp³-hybridized carbons (Fsp3) is 0.421. The molecular formula is C19H24N2O2S. The van der Waals surface area contributed by atoms with Crippen molar-refractivity contribution in [2.45, 2.75) is 50.0 Å². The molecular weight excluding hydrogens is 320 g/mol. The molecule has 1 fully saturated rings. The number of sulfonamides is 1. The van der Waals surface area contributed by atoms with Gasteiger partial charge in [0.2, 0.25) is 10.0 Å². The molecule has 1 aromatic heterocycles. The second-order valence-electron chi connectivity index (χ2n) is 6.48. The summed E-state index contributed by atoms with van der Waals surface area (Å²) in [7, 11) is -3.41. The Morgan fingerprint density at radius 2 is 1.96 bits per heavy atom. The molecule has 5 heteroatoms. The Labute approximate surface area is 144 Å². The van der Waals surface area contributed by atoms with E-state index in [2.05, 4.69) is 11.1 Å². The second kappa shape index (κ2) is 7.45. The van der Waals surface area contributed by atoms with Crippen LogP contribution < -0.4 is 0 Å². The number of hydrogen-bond acceptors (Lipinski definition) is 3. The number of rotatable bonds is 5. The number of hydrogen-bond donors (Lipinski definition) is 0. The smallest absolute Gasteiger partial charge is 0.243 e. The maximum atomic E-state index is 13.0. The maximum Gasteiger partial charge on any atom is 0.243 e. The van der Waals surface area contributed by atoms with Crippen LogP contribution in [0, 0.1) is 6.92 Å². The first-order chi connectivity index (χ1) is 11.6. The number of nitrogens with zero attached hydrogens (tertiary/aromatic N) is 2. The standard InChI is InChI=1S/C19H24N2O2S/c1-16-7-11-19(12-8-16)24(22,23)21-14-3-2-6-18(21)10-9-17-5-4-13-20-15-17/h4-5,7-8,11-13,15,18H,2-3,6,9-10,14H2,1H3. The molecule has 1 saturated heterocycles. The summed E-state index contributed by atoms with van der Waals surface area (Å²) in [5.74, 6) is 0. The van der Waals surface area contributed by atoms with E-state index in [1.54, 1.807) is 22.6 Å². The number of aromatic nitrogens is 1. The predicted molar refractivity (Wildman–Crippen MR) is 95.3 cm³/mol. The van der Waals surface area contributed by atoms with Gasteiger partial charge in [0.25, 0.3) is 0 Å². The number of piperidine rings is 1. The van der Waals surface area contributed by atoms with Crippen molar-refractivity contribution in [3.05, 3.63) is 59.9 Å². The third-order valence-corrected chi connectivity index (χ3v) is 6.66. The number of pyridine rings is 1. The van der Waals surface area contributed by atoms with E-state index in [0.717, 1.165) is 43.2 Å². The first-order valence-corrected chi connectivity index (χ1v) is 9.99. The molecule has 0 radical (unpaired) electrons. The topological polar surface area (TPSA) is 50.3 Å². The van der Waals surface area contributed by atoms with E-state index in [9.17, 15) is 8.42 Å². The SMILES string of the molecule is Cc1ccc(S(=O)(=O)N2CCCCC2CCc2cccnc2)cc1. The fourth-order valence-corrected chi connectivity index (χ4v) is 5.03. The molecule has 1 aromatic carbocycles. The Balaban J connectivity index is 1.77. The van der Waals surface area contributed by atoms with Crippen LogP contribution in [0.2, 0.25) is 0 Å². The molecule has 24 heavy (non-hydrogen) atoms. The molecule has 0 amide bonds. The van der Waals surface area contributed by atoms with E-state index in [-0.39, 0.29) is 6.04 Å². The molecule has 1 atom stereocenters. The van der Waals surface area contributed by atoms with Crippen LogP contribution in [0.5, 0.6) is 0 Å². The van der Waals surface area contributed by atoms with Gasteiger partial charge in [0.05, 0.1) is 4.90 Å². The van der Waals surface area contributed by atoms with E-state index in [1.807, 2.05) is 31.3 Å². The van der Waals surface area contributed by atoms with Gasteiger partial charge in [-0.05, 0) is 56.4 Å². The fourth-order valence-electron chi connectivity index (χ4n) is 3.30. The lowest BCUT2D eigenvalue weighted by atomic mass is 9.98. The summed E-state index contributed by atoms with van der Waals surface area (Å²) >= 11 is 0. The largest absolute Gasteiger partial charge is 0.264 e. The van der Waals surface area contributed by atoms with Gasteiger partial charge in [0, 0.05) is 25.0 Å². The Hall–Kier alpha value is -1.72. The molecule has 1 aliphatic heterocycles. The summed E-state index contributed by atoms with van der Waals surface area (Å²) in [6, 6.07) is 11.2. The van der Waals surface area contributed by atoms with Crippen molar-refractivity contribution in [3.8, 4) is 0 Å². The summed E-state index contributed by atoms with van der Waals surface area (Å²) in [5, 5.41) is 0. The van der Waals surface area contributed by atoms with Gasteiger partial charge in [-0.15, -0.1) is 0 Å². The summed E-state index contributed by atoms with van der Waals surface area (Å²) in [6.07, 6.45) is 8.30. The summed E-state index contributed by atoms with van der Waals surface area (Å²) in [6.45, 7) is 2.59. The maximum absolute atomic E-state index is 13.0. The molecule has 1 unspecified atom stereocenters. The van der Waals surface area contributed by atoms with E-state index in [1.165, 1.54) is 0 Å². The highest BCUT2D eigenvalue weighted by Crippen LogP contribution is 2.28. The molecule has 0 saturated carbocycles. The van der Waals surface area contributed by atoms with Gasteiger partial charge in [-0.1, -0.05) is 30.2 Å². The minimum absolute atomic E-state index is 0.0743. The van der Waals surface area contributed by atoms with Crippen LogP contribution in [0.25, 0.3) is 0 Å². The van der Waals surface area contributed by atoms with E-state index in [4.69, 9.17) is 0 Å². The minimum atomic E-state index is -3.41. The van der Waals surface area contributed by atoms with Crippen molar-refractivity contribution in [2.24, 2.45) is 0 Å². The lowest BCUT2D eigenvalue weighted by molar-refractivity contribution is 0.241. The quantitative estimate of drug-likeness (QED) is 0.833. The molecule has 4 nitrogen and oxygen atoms in total. The van der Waals surface area contributed by atoms with Gasteiger partial charge >= 0.3 is 0 Å². The Morgan fingerprint density at radius 3 is 2.67 bits per heavy atom. The van der Waals surface area contributed by atoms with Gasteiger partial charge in [0.15, 0.2) is 0 Å². The number of benzene rings is 1. The highest BCUT2D eigenvalue weighted by atomic mass is 32.2. The van der Waals surface area contributed by atoms with Crippen molar-refractivity contribution in [3.63, 3.8) is 0 Å². The highest BCUT2D eigenvalue weighted by Gasteiger charge is 2.33. The number of aryl methyl sites for hydroxylation is 2. The summed E-state index contributed by atoms with van der Waals surface area (Å²) in [4.78, 5) is 4.54. The molecule has 3 rings (SSSR count).